The van der Waals surface area contributed by atoms with Crippen LogP contribution in [0.1, 0.15) is 87.7 Å². The van der Waals surface area contributed by atoms with Crippen LogP contribution in [-0.4, -0.2) is 42.2 Å². The second kappa shape index (κ2) is 12.1. The summed E-state index contributed by atoms with van der Waals surface area (Å²) >= 11 is 0. The van der Waals surface area contributed by atoms with Crippen LogP contribution in [0.15, 0.2) is 43.5 Å². The highest BCUT2D eigenvalue weighted by atomic mass is 15.1. The summed E-state index contributed by atoms with van der Waals surface area (Å²) < 4.78 is 0. The van der Waals surface area contributed by atoms with Crippen molar-refractivity contribution in [3.63, 3.8) is 0 Å². The summed E-state index contributed by atoms with van der Waals surface area (Å²) in [5, 5.41) is 15.7. The van der Waals surface area contributed by atoms with Gasteiger partial charge < -0.3 is 21.3 Å². The molecule has 5 nitrogen and oxygen atoms in total. The highest BCUT2D eigenvalue weighted by molar-refractivity contribution is 5.19. The van der Waals surface area contributed by atoms with Gasteiger partial charge in [0.05, 0.1) is 23.5 Å². The number of pyridine rings is 1. The Bertz CT molecular complexity index is 677. The topological polar surface area (TPSA) is 61.0 Å². The van der Waals surface area contributed by atoms with Gasteiger partial charge in [-0.05, 0) is 50.7 Å². The van der Waals surface area contributed by atoms with Gasteiger partial charge in [-0.25, -0.2) is 0 Å². The third kappa shape index (κ3) is 6.07. The Hall–Kier alpha value is -1.53. The predicted molar refractivity (Wildman–Crippen MR) is 134 cm³/mol. The van der Waals surface area contributed by atoms with Crippen molar-refractivity contribution in [1.29, 1.82) is 0 Å². The second-order valence-electron chi connectivity index (χ2n) is 9.88. The summed E-state index contributed by atoms with van der Waals surface area (Å²) in [5.41, 5.74) is 2.27. The monoisotopic (exact) mass is 437 g/mol. The molecule has 2 heterocycles. The fourth-order valence-corrected chi connectivity index (χ4v) is 5.92. The minimum absolute atomic E-state index is 0.204. The SMILES string of the molecule is C=CC[C@@H]1NC2CCCCC2NCCN[C@@H]2CCCC[C@H]2N[C@@H](CC=C)c2cccc1n2. The van der Waals surface area contributed by atoms with E-state index in [2.05, 4.69) is 52.6 Å². The van der Waals surface area contributed by atoms with Crippen LogP contribution in [0.25, 0.3) is 0 Å². The lowest BCUT2D eigenvalue weighted by molar-refractivity contribution is 0.250. The number of nitrogens with one attached hydrogen (secondary N) is 4. The molecule has 0 spiro atoms. The van der Waals surface area contributed by atoms with Gasteiger partial charge in [0.1, 0.15) is 0 Å². The third-order valence-corrected chi connectivity index (χ3v) is 7.61. The van der Waals surface area contributed by atoms with Crippen LogP contribution in [0.2, 0.25) is 0 Å². The van der Waals surface area contributed by atoms with Crippen molar-refractivity contribution < 1.29 is 0 Å². The minimum atomic E-state index is 0.204. The van der Waals surface area contributed by atoms with Gasteiger partial charge in [-0.2, -0.15) is 0 Å². The van der Waals surface area contributed by atoms with Gasteiger partial charge in [0, 0.05) is 37.3 Å². The molecule has 2 aliphatic carbocycles. The Morgan fingerprint density at radius 3 is 1.59 bits per heavy atom. The first-order chi connectivity index (χ1) is 15.8. The molecule has 1 aromatic rings. The summed E-state index contributed by atoms with van der Waals surface area (Å²) in [6, 6.07) is 8.97. The van der Waals surface area contributed by atoms with E-state index in [0.29, 0.717) is 24.2 Å². The molecule has 1 aliphatic heterocycles. The standard InChI is InChI=1S/C27H43N5/c1-3-10-22-26-16-9-17-27(32-26)23(11-4-2)31-25-15-8-6-13-21(25)29-19-18-28-20-12-5-7-14-24(20)30-22/h3-4,9,16-17,20-25,28-31H,1-2,5-8,10-15,18-19H2/t20-,21?,22+,23+,24-,25?/m1/s1. The molecule has 0 radical (unpaired) electrons. The molecule has 176 valence electrons. The van der Waals surface area contributed by atoms with Crippen molar-refractivity contribution in [3.05, 3.63) is 54.9 Å². The Kier molecular flexibility index (Phi) is 8.92. The van der Waals surface area contributed by atoms with E-state index in [4.69, 9.17) is 4.98 Å². The van der Waals surface area contributed by atoms with Crippen molar-refractivity contribution in [3.8, 4) is 0 Å². The average molecular weight is 438 g/mol. The van der Waals surface area contributed by atoms with E-state index in [1.807, 2.05) is 12.2 Å². The Balaban J connectivity index is 1.64. The first-order valence-electron chi connectivity index (χ1n) is 13.0. The lowest BCUT2D eigenvalue weighted by atomic mass is 9.89. The molecule has 1 aromatic heterocycles. The van der Waals surface area contributed by atoms with Crippen molar-refractivity contribution in [1.82, 2.24) is 26.3 Å². The highest BCUT2D eigenvalue weighted by Crippen LogP contribution is 2.27. The second-order valence-corrected chi connectivity index (χ2v) is 9.88. The molecule has 0 amide bonds. The summed E-state index contributed by atoms with van der Waals surface area (Å²) in [4.78, 5) is 5.20. The van der Waals surface area contributed by atoms with Gasteiger partial charge in [0.15, 0.2) is 0 Å². The summed E-state index contributed by atoms with van der Waals surface area (Å²) in [6.07, 6.45) is 16.0. The maximum Gasteiger partial charge on any atom is 0.0580 e. The van der Waals surface area contributed by atoms with Crippen LogP contribution in [0.3, 0.4) is 0 Å². The number of nitrogens with zero attached hydrogens (tertiary/aromatic N) is 1. The number of rotatable bonds is 4. The molecule has 0 saturated heterocycles. The zero-order valence-electron chi connectivity index (χ0n) is 19.7. The van der Waals surface area contributed by atoms with Crippen molar-refractivity contribution in [2.75, 3.05) is 13.1 Å². The molecule has 2 saturated carbocycles. The first kappa shape index (κ1) is 23.6. The van der Waals surface area contributed by atoms with Crippen LogP contribution < -0.4 is 21.3 Å². The molecule has 6 atom stereocenters. The first-order valence-corrected chi connectivity index (χ1v) is 13.0. The van der Waals surface area contributed by atoms with Gasteiger partial charge in [0.2, 0.25) is 0 Å². The van der Waals surface area contributed by atoms with E-state index in [1.54, 1.807) is 0 Å². The number of hydrogen-bond acceptors (Lipinski definition) is 5. The normalized spacial score (nSPS) is 34.2. The highest BCUT2D eigenvalue weighted by Gasteiger charge is 2.30. The average Bonchev–Trinajstić information content (AvgIpc) is 2.83. The van der Waals surface area contributed by atoms with Gasteiger partial charge in [-0.1, -0.05) is 43.9 Å². The fraction of sp³-hybridized carbons (Fsp3) is 0.667. The lowest BCUT2D eigenvalue weighted by Crippen LogP contribution is -2.54. The van der Waals surface area contributed by atoms with Gasteiger partial charge in [-0.3, -0.25) is 4.98 Å². The van der Waals surface area contributed by atoms with E-state index in [0.717, 1.165) is 37.3 Å². The zero-order valence-corrected chi connectivity index (χ0v) is 19.7. The lowest BCUT2D eigenvalue weighted by Gasteiger charge is -2.36. The Labute approximate surface area is 194 Å². The maximum absolute atomic E-state index is 5.20. The van der Waals surface area contributed by atoms with E-state index < -0.39 is 0 Å². The zero-order chi connectivity index (χ0) is 22.2. The molecule has 0 aromatic carbocycles. The van der Waals surface area contributed by atoms with Crippen LogP contribution in [0.4, 0.5) is 0 Å². The largest absolute Gasteiger partial charge is 0.311 e. The van der Waals surface area contributed by atoms with E-state index >= 15 is 0 Å². The third-order valence-electron chi connectivity index (χ3n) is 7.61. The van der Waals surface area contributed by atoms with Gasteiger partial charge >= 0.3 is 0 Å². The quantitative estimate of drug-likeness (QED) is 0.529. The van der Waals surface area contributed by atoms with E-state index in [9.17, 15) is 0 Å². The molecular weight excluding hydrogens is 394 g/mol. The minimum Gasteiger partial charge on any atom is -0.311 e. The molecule has 32 heavy (non-hydrogen) atoms. The van der Waals surface area contributed by atoms with Crippen molar-refractivity contribution in [2.45, 2.75) is 100 Å². The van der Waals surface area contributed by atoms with Crippen molar-refractivity contribution in [2.24, 2.45) is 0 Å². The van der Waals surface area contributed by atoms with Crippen molar-refractivity contribution >= 4 is 0 Å². The number of fused-ring (bicyclic) bond motifs is 4. The molecule has 3 aliphatic rings. The molecular formula is C27H43N5. The van der Waals surface area contributed by atoms with Crippen LogP contribution in [0, 0.1) is 0 Å². The molecule has 4 N–H and O–H groups in total. The smallest absolute Gasteiger partial charge is 0.0580 e. The van der Waals surface area contributed by atoms with Gasteiger partial charge in [0.25, 0.3) is 0 Å². The maximum atomic E-state index is 5.20. The molecule has 4 rings (SSSR count). The molecule has 2 bridgehead atoms. The fourth-order valence-electron chi connectivity index (χ4n) is 5.92. The van der Waals surface area contributed by atoms with Crippen LogP contribution in [0.5, 0.6) is 0 Å². The van der Waals surface area contributed by atoms with E-state index in [-0.39, 0.29) is 12.1 Å². The van der Waals surface area contributed by atoms with E-state index in [1.165, 1.54) is 51.4 Å². The number of aromatic nitrogens is 1. The summed E-state index contributed by atoms with van der Waals surface area (Å²) in [5.74, 6) is 0. The molecule has 2 fully saturated rings. The van der Waals surface area contributed by atoms with Gasteiger partial charge in [-0.15, -0.1) is 13.2 Å². The molecule has 2 unspecified atom stereocenters. The Morgan fingerprint density at radius 2 is 1.16 bits per heavy atom. The molecule has 5 heteroatoms. The Morgan fingerprint density at radius 1 is 0.719 bits per heavy atom. The summed E-state index contributed by atoms with van der Waals surface area (Å²) in [7, 11) is 0. The number of hydrogen-bond donors (Lipinski definition) is 4. The summed E-state index contributed by atoms with van der Waals surface area (Å²) in [6.45, 7) is 10.1. The van der Waals surface area contributed by atoms with Crippen LogP contribution >= 0.6 is 0 Å². The van der Waals surface area contributed by atoms with Crippen LogP contribution in [-0.2, 0) is 0 Å². The predicted octanol–water partition coefficient (Wildman–Crippen LogP) is 4.31.